The van der Waals surface area contributed by atoms with Gasteiger partial charge in [0.15, 0.2) is 0 Å². The first-order valence-electron chi connectivity index (χ1n) is 9.85. The van der Waals surface area contributed by atoms with Crippen LogP contribution in [0.2, 0.25) is 0 Å². The third-order valence-electron chi connectivity index (χ3n) is 5.06. The minimum Gasteiger partial charge on any atom is -0.497 e. The summed E-state index contributed by atoms with van der Waals surface area (Å²) >= 11 is 0. The summed E-state index contributed by atoms with van der Waals surface area (Å²) in [7, 11) is 1.66. The molecule has 1 aliphatic rings. The third kappa shape index (κ3) is 5.29. The number of carbonyl (C=O) groups is 2. The average Bonchev–Trinajstić information content (AvgIpc) is 3.29. The lowest BCUT2D eigenvalue weighted by atomic mass is 10.1. The number of carbonyl (C=O) groups excluding carboxylic acids is 2. The lowest BCUT2D eigenvalue weighted by molar-refractivity contribution is -0.139. The van der Waals surface area contributed by atoms with Crippen LogP contribution >= 0.6 is 0 Å². The molecule has 2 heterocycles. The van der Waals surface area contributed by atoms with E-state index in [9.17, 15) is 9.59 Å². The van der Waals surface area contributed by atoms with Gasteiger partial charge in [-0.2, -0.15) is 0 Å². The van der Waals surface area contributed by atoms with Gasteiger partial charge in [0.1, 0.15) is 11.5 Å². The Balaban J connectivity index is 1.60. The van der Waals surface area contributed by atoms with Gasteiger partial charge in [-0.1, -0.05) is 0 Å². The molecule has 0 unspecified atom stereocenters. The number of ether oxygens (including phenoxy) is 1. The molecule has 0 bridgehead atoms. The fraction of sp³-hybridized carbons (Fsp3) is 0.429. The van der Waals surface area contributed by atoms with Crippen molar-refractivity contribution in [3.8, 4) is 5.75 Å². The van der Waals surface area contributed by atoms with Crippen LogP contribution in [0.25, 0.3) is 0 Å². The molecule has 2 aromatic rings. The molecule has 156 valence electrons. The van der Waals surface area contributed by atoms with Crippen molar-refractivity contribution in [2.24, 2.45) is 0 Å². The minimum absolute atomic E-state index is 0.124. The van der Waals surface area contributed by atoms with E-state index in [0.717, 1.165) is 43.4 Å². The first-order valence-corrected chi connectivity index (χ1v) is 9.85. The first-order chi connectivity index (χ1) is 14.1. The van der Waals surface area contributed by atoms with E-state index in [2.05, 4.69) is 32.6 Å². The number of methoxy groups -OCH3 is 1. The van der Waals surface area contributed by atoms with Crippen LogP contribution in [-0.4, -0.2) is 63.1 Å². The van der Waals surface area contributed by atoms with Gasteiger partial charge in [0, 0.05) is 45.0 Å². The Morgan fingerprint density at radius 3 is 2.34 bits per heavy atom. The molecule has 29 heavy (non-hydrogen) atoms. The largest absolute Gasteiger partial charge is 0.497 e. The highest BCUT2D eigenvalue weighted by Gasteiger charge is 2.28. The quantitative estimate of drug-likeness (QED) is 0.684. The molecule has 0 spiro atoms. The van der Waals surface area contributed by atoms with Crippen molar-refractivity contribution < 1.29 is 18.7 Å². The maximum Gasteiger partial charge on any atom is 0.309 e. The van der Waals surface area contributed by atoms with E-state index in [4.69, 9.17) is 9.15 Å². The highest BCUT2D eigenvalue weighted by molar-refractivity contribution is 6.35. The number of furan rings is 1. The Bertz CT molecular complexity index is 784. The van der Waals surface area contributed by atoms with Gasteiger partial charge in [0.25, 0.3) is 0 Å². The van der Waals surface area contributed by atoms with Gasteiger partial charge in [-0.15, -0.1) is 0 Å². The van der Waals surface area contributed by atoms with Crippen molar-refractivity contribution >= 4 is 17.5 Å². The van der Waals surface area contributed by atoms with Crippen molar-refractivity contribution in [1.29, 1.82) is 0 Å². The highest BCUT2D eigenvalue weighted by atomic mass is 16.5. The highest BCUT2D eigenvalue weighted by Crippen LogP contribution is 2.25. The number of rotatable bonds is 7. The number of nitrogens with one attached hydrogen (secondary N) is 2. The Labute approximate surface area is 170 Å². The van der Waals surface area contributed by atoms with Crippen LogP contribution in [0.1, 0.15) is 18.7 Å². The number of hydrogen-bond acceptors (Lipinski definition) is 6. The number of benzene rings is 1. The Kier molecular flexibility index (Phi) is 7.13. The van der Waals surface area contributed by atoms with Crippen LogP contribution in [0.4, 0.5) is 5.69 Å². The van der Waals surface area contributed by atoms with E-state index in [1.54, 1.807) is 20.3 Å². The lowest BCUT2D eigenvalue weighted by Gasteiger charge is -2.39. The van der Waals surface area contributed by atoms with Gasteiger partial charge in [-0.3, -0.25) is 14.5 Å². The van der Waals surface area contributed by atoms with Crippen LogP contribution < -0.4 is 20.3 Å². The summed E-state index contributed by atoms with van der Waals surface area (Å²) < 4.78 is 10.8. The topological polar surface area (TPSA) is 87.0 Å². The second kappa shape index (κ2) is 9.97. The molecule has 1 aromatic heterocycles. The van der Waals surface area contributed by atoms with Crippen LogP contribution in [0.15, 0.2) is 47.1 Å². The van der Waals surface area contributed by atoms with Crippen LogP contribution in [0, 0.1) is 0 Å². The van der Waals surface area contributed by atoms with Gasteiger partial charge >= 0.3 is 11.8 Å². The van der Waals surface area contributed by atoms with E-state index in [-0.39, 0.29) is 6.04 Å². The first kappa shape index (κ1) is 20.7. The van der Waals surface area contributed by atoms with Crippen molar-refractivity contribution in [1.82, 2.24) is 15.5 Å². The molecule has 8 nitrogen and oxygen atoms in total. The fourth-order valence-corrected chi connectivity index (χ4v) is 3.49. The van der Waals surface area contributed by atoms with Gasteiger partial charge < -0.3 is 24.7 Å². The van der Waals surface area contributed by atoms with Crippen LogP contribution in [0.5, 0.6) is 5.75 Å². The average molecular weight is 400 g/mol. The number of hydrogen-bond donors (Lipinski definition) is 2. The van der Waals surface area contributed by atoms with Gasteiger partial charge in [-0.05, 0) is 43.3 Å². The Hall–Kier alpha value is -3.00. The van der Waals surface area contributed by atoms with Crippen LogP contribution in [-0.2, 0) is 9.59 Å². The van der Waals surface area contributed by atoms with E-state index in [0.29, 0.717) is 13.1 Å². The molecule has 0 saturated carbocycles. The second-order valence-electron chi connectivity index (χ2n) is 6.82. The molecule has 1 fully saturated rings. The Morgan fingerprint density at radius 1 is 1.07 bits per heavy atom. The molecule has 1 aromatic carbocycles. The molecule has 8 heteroatoms. The molecular weight excluding hydrogens is 372 g/mol. The molecular formula is C21H28N4O4. The van der Waals surface area contributed by atoms with Gasteiger partial charge in [-0.25, -0.2) is 0 Å². The van der Waals surface area contributed by atoms with E-state index < -0.39 is 11.8 Å². The Morgan fingerprint density at radius 2 is 1.76 bits per heavy atom. The molecule has 1 atom stereocenters. The number of amides is 2. The normalized spacial score (nSPS) is 15.6. The zero-order valence-electron chi connectivity index (χ0n) is 16.9. The lowest BCUT2D eigenvalue weighted by Crippen LogP contribution is -2.50. The molecule has 0 radical (unpaired) electrons. The van der Waals surface area contributed by atoms with Gasteiger partial charge in [0.05, 0.1) is 19.4 Å². The van der Waals surface area contributed by atoms with Crippen molar-refractivity contribution in [2.75, 3.05) is 51.3 Å². The van der Waals surface area contributed by atoms with Crippen LogP contribution in [0.3, 0.4) is 0 Å². The van der Waals surface area contributed by atoms with Crippen molar-refractivity contribution in [3.63, 3.8) is 0 Å². The summed E-state index contributed by atoms with van der Waals surface area (Å²) in [5.74, 6) is 0.377. The summed E-state index contributed by atoms with van der Waals surface area (Å²) in [6.45, 7) is 5.84. The predicted molar refractivity (Wildman–Crippen MR) is 110 cm³/mol. The predicted octanol–water partition coefficient (Wildman–Crippen LogP) is 1.40. The second-order valence-corrected chi connectivity index (χ2v) is 6.82. The zero-order valence-corrected chi connectivity index (χ0v) is 16.9. The zero-order chi connectivity index (χ0) is 20.6. The number of anilines is 1. The molecule has 1 aliphatic heterocycles. The maximum absolute atomic E-state index is 12.0. The molecule has 0 aliphatic carbocycles. The van der Waals surface area contributed by atoms with E-state index in [1.165, 1.54) is 0 Å². The third-order valence-corrected chi connectivity index (χ3v) is 5.06. The maximum atomic E-state index is 12.0. The molecule has 1 saturated heterocycles. The van der Waals surface area contributed by atoms with Crippen molar-refractivity contribution in [2.45, 2.75) is 13.0 Å². The summed E-state index contributed by atoms with van der Waals surface area (Å²) in [5.41, 5.74) is 1.16. The molecule has 2 amide bonds. The summed E-state index contributed by atoms with van der Waals surface area (Å²) in [5, 5.41) is 5.24. The molecule has 2 N–H and O–H groups in total. The SMILES string of the molecule is CCNC(=O)C(=O)NC[C@@H](c1ccco1)N1CCN(c2ccc(OC)cc2)CC1. The van der Waals surface area contributed by atoms with E-state index >= 15 is 0 Å². The summed E-state index contributed by atoms with van der Waals surface area (Å²) in [6.07, 6.45) is 1.63. The number of nitrogens with zero attached hydrogens (tertiary/aromatic N) is 2. The van der Waals surface area contributed by atoms with E-state index in [1.807, 2.05) is 24.3 Å². The fourth-order valence-electron chi connectivity index (χ4n) is 3.49. The van der Waals surface area contributed by atoms with Crippen molar-refractivity contribution in [3.05, 3.63) is 48.4 Å². The summed E-state index contributed by atoms with van der Waals surface area (Å²) in [6, 6.07) is 11.7. The smallest absolute Gasteiger partial charge is 0.309 e. The summed E-state index contributed by atoms with van der Waals surface area (Å²) in [4.78, 5) is 28.3. The monoisotopic (exact) mass is 400 g/mol. The van der Waals surface area contributed by atoms with Gasteiger partial charge in [0.2, 0.25) is 0 Å². The number of piperazine rings is 1. The molecule has 3 rings (SSSR count). The minimum atomic E-state index is -0.625. The number of likely N-dealkylation sites (N-methyl/N-ethyl adjacent to an activating group) is 1. The standard InChI is InChI=1S/C21H28N4O4/c1-3-22-20(26)21(27)23-15-18(19-5-4-14-29-19)25-12-10-24(11-13-25)16-6-8-17(28-2)9-7-16/h4-9,14,18H,3,10-13,15H2,1-2H3,(H,22,26)(H,23,27)/t18-/m0/s1.